The Hall–Kier alpha value is -1.53. The number of sulfonamides is 1. The molecule has 1 aliphatic carbocycles. The highest BCUT2D eigenvalue weighted by atomic mass is 32.2. The summed E-state index contributed by atoms with van der Waals surface area (Å²) in [6, 6.07) is 0.202. The third-order valence-electron chi connectivity index (χ3n) is 4.98. The molecule has 6 nitrogen and oxygen atoms in total. The summed E-state index contributed by atoms with van der Waals surface area (Å²) in [7, 11) is -3.77. The van der Waals surface area contributed by atoms with Gasteiger partial charge < -0.3 is 9.62 Å². The number of nitrogens with zero attached hydrogens (tertiary/aromatic N) is 3. The van der Waals surface area contributed by atoms with Crippen LogP contribution in [-0.2, 0) is 10.0 Å². The van der Waals surface area contributed by atoms with Gasteiger partial charge in [-0.2, -0.15) is 17.5 Å². The maximum Gasteiger partial charge on any atom is 0.410 e. The second-order valence-corrected chi connectivity index (χ2v) is 9.95. The number of alkyl halides is 3. The van der Waals surface area contributed by atoms with Crippen molar-refractivity contribution < 1.29 is 26.0 Å². The summed E-state index contributed by atoms with van der Waals surface area (Å²) < 4.78 is 82.9. The molecule has 0 radical (unpaired) electrons. The molecule has 2 aliphatic heterocycles. The van der Waals surface area contributed by atoms with Crippen LogP contribution in [0.3, 0.4) is 0 Å². The molecule has 1 aromatic carbocycles. The highest BCUT2D eigenvalue weighted by molar-refractivity contribution is 7.98. The van der Waals surface area contributed by atoms with E-state index in [1.807, 2.05) is 0 Å². The van der Waals surface area contributed by atoms with Gasteiger partial charge in [0.05, 0.1) is 16.8 Å². The number of rotatable bonds is 3. The van der Waals surface area contributed by atoms with Gasteiger partial charge in [-0.1, -0.05) is 0 Å². The summed E-state index contributed by atoms with van der Waals surface area (Å²) in [5.74, 6) is 0.266. The van der Waals surface area contributed by atoms with Crippen molar-refractivity contribution in [2.24, 2.45) is 10.9 Å². The maximum absolute atomic E-state index is 14.2. The smallest absolute Gasteiger partial charge is 0.356 e. The number of aliphatic imine (C=N–C) groups is 1. The van der Waals surface area contributed by atoms with Gasteiger partial charge >= 0.3 is 6.18 Å². The van der Waals surface area contributed by atoms with Crippen molar-refractivity contribution in [3.8, 4) is 0 Å². The Kier molecular flexibility index (Phi) is 4.78. The normalized spacial score (nSPS) is 23.8. The number of hydrogen-bond donors (Lipinski definition) is 1. The topological polar surface area (TPSA) is 65.0 Å². The van der Waals surface area contributed by atoms with Crippen LogP contribution in [0.4, 0.5) is 28.9 Å². The summed E-state index contributed by atoms with van der Waals surface area (Å²) >= 11 is 1.14. The summed E-state index contributed by atoms with van der Waals surface area (Å²) in [6.45, 7) is -1.06. The highest BCUT2D eigenvalue weighted by Crippen LogP contribution is 2.45. The molecule has 2 fully saturated rings. The van der Waals surface area contributed by atoms with Crippen molar-refractivity contribution in [2.75, 3.05) is 30.8 Å². The van der Waals surface area contributed by atoms with Gasteiger partial charge in [0.1, 0.15) is 23.4 Å². The van der Waals surface area contributed by atoms with Gasteiger partial charge in [0.15, 0.2) is 0 Å². The quantitative estimate of drug-likeness (QED) is 0.581. The van der Waals surface area contributed by atoms with Crippen LogP contribution in [0.15, 0.2) is 22.0 Å². The summed E-state index contributed by atoms with van der Waals surface area (Å²) in [5, 5.41) is 0. The molecule has 1 aromatic rings. The zero-order chi connectivity index (χ0) is 20.3. The fraction of sp³-hybridized carbons (Fsp3) is 0.562. The minimum Gasteiger partial charge on any atom is -0.356 e. The van der Waals surface area contributed by atoms with Crippen molar-refractivity contribution in [3.05, 3.63) is 17.9 Å². The molecule has 1 N–H and O–H groups in total. The number of nitrogens with one attached hydrogen (secondary N) is 1. The van der Waals surface area contributed by atoms with Gasteiger partial charge in [-0.15, -0.1) is 0 Å². The van der Waals surface area contributed by atoms with E-state index in [-0.39, 0.29) is 24.7 Å². The molecule has 28 heavy (non-hydrogen) atoms. The van der Waals surface area contributed by atoms with Crippen LogP contribution in [0, 0.1) is 11.7 Å². The van der Waals surface area contributed by atoms with E-state index in [0.29, 0.717) is 16.4 Å². The minimum atomic E-state index is -4.69. The predicted octanol–water partition coefficient (Wildman–Crippen LogP) is 2.89. The van der Waals surface area contributed by atoms with Gasteiger partial charge in [0, 0.05) is 25.6 Å². The number of amidine groups is 1. The van der Waals surface area contributed by atoms with E-state index in [4.69, 9.17) is 0 Å². The van der Waals surface area contributed by atoms with E-state index in [2.05, 4.69) is 9.71 Å². The molecule has 0 spiro atoms. The standard InChI is InChI=1S/C16H18F4N4O2S2/c1-28(25,26)23-4-5-24(13(8-23)16(18,19)20)11-6-10(17)7-12-14(11)21-15(22-27-12)9-2-3-9/h6-7,9,13H,2-5,8H2,1H3,(H,21,22)/t13-/m0/s1. The molecule has 1 atom stereocenters. The molecule has 4 rings (SSSR count). The first-order valence-corrected chi connectivity index (χ1v) is 11.3. The molecule has 1 saturated carbocycles. The molecule has 1 saturated heterocycles. The molecule has 0 aromatic heterocycles. The summed E-state index contributed by atoms with van der Waals surface area (Å²) in [6.07, 6.45) is -1.90. The largest absolute Gasteiger partial charge is 0.410 e. The summed E-state index contributed by atoms with van der Waals surface area (Å²) in [4.78, 5) is 5.92. The van der Waals surface area contributed by atoms with Crippen LogP contribution < -0.4 is 9.62 Å². The first-order chi connectivity index (χ1) is 13.0. The summed E-state index contributed by atoms with van der Waals surface area (Å²) in [5.41, 5.74) is 0.340. The third-order valence-corrected chi connectivity index (χ3v) is 7.09. The average Bonchev–Trinajstić information content (AvgIpc) is 3.43. The second kappa shape index (κ2) is 6.77. The van der Waals surface area contributed by atoms with Gasteiger partial charge in [-0.05, 0) is 36.9 Å². The van der Waals surface area contributed by atoms with Crippen molar-refractivity contribution >= 4 is 39.2 Å². The molecule has 0 unspecified atom stereocenters. The van der Waals surface area contributed by atoms with Gasteiger partial charge in [-0.3, -0.25) is 0 Å². The Morgan fingerprint density at radius 3 is 2.57 bits per heavy atom. The fourth-order valence-corrected chi connectivity index (χ4v) is 5.05. The molecule has 154 valence electrons. The Bertz CT molecular complexity index is 931. The fourth-order valence-electron chi connectivity index (χ4n) is 3.38. The molecular formula is C16H18F4N4O2S2. The Morgan fingerprint density at radius 1 is 1.25 bits per heavy atom. The lowest BCUT2D eigenvalue weighted by Crippen LogP contribution is -2.60. The lowest BCUT2D eigenvalue weighted by Gasteiger charge is -2.43. The van der Waals surface area contributed by atoms with Gasteiger partial charge in [0.25, 0.3) is 0 Å². The van der Waals surface area contributed by atoms with Crippen LogP contribution in [0.5, 0.6) is 0 Å². The van der Waals surface area contributed by atoms with Crippen molar-refractivity contribution in [1.29, 1.82) is 0 Å². The molecular weight excluding hydrogens is 420 g/mol. The lowest BCUT2D eigenvalue weighted by molar-refractivity contribution is -0.153. The van der Waals surface area contributed by atoms with Crippen LogP contribution in [0.2, 0.25) is 0 Å². The van der Waals surface area contributed by atoms with E-state index in [1.54, 1.807) is 0 Å². The van der Waals surface area contributed by atoms with E-state index in [9.17, 15) is 26.0 Å². The van der Waals surface area contributed by atoms with Gasteiger partial charge in [0.2, 0.25) is 10.0 Å². The maximum atomic E-state index is 14.2. The Balaban J connectivity index is 1.77. The Morgan fingerprint density at radius 2 is 1.96 bits per heavy atom. The number of halogens is 4. The predicted molar refractivity (Wildman–Crippen MR) is 98.8 cm³/mol. The van der Waals surface area contributed by atoms with Crippen molar-refractivity contribution in [3.63, 3.8) is 0 Å². The zero-order valence-corrected chi connectivity index (χ0v) is 16.5. The average molecular weight is 438 g/mol. The third kappa shape index (κ3) is 3.81. The van der Waals surface area contributed by atoms with E-state index < -0.39 is 34.6 Å². The van der Waals surface area contributed by atoms with E-state index in [1.165, 1.54) is 6.07 Å². The van der Waals surface area contributed by atoms with Gasteiger partial charge in [-0.25, -0.2) is 17.8 Å². The molecule has 12 heteroatoms. The number of piperazine rings is 1. The second-order valence-electron chi connectivity index (χ2n) is 7.12. The molecule has 0 amide bonds. The monoisotopic (exact) mass is 438 g/mol. The molecule has 2 heterocycles. The van der Waals surface area contributed by atoms with Crippen LogP contribution in [-0.4, -0.2) is 56.7 Å². The van der Waals surface area contributed by atoms with Crippen molar-refractivity contribution in [1.82, 2.24) is 9.03 Å². The number of anilines is 1. The number of fused-ring (bicyclic) bond motifs is 1. The zero-order valence-electron chi connectivity index (χ0n) is 14.8. The number of hydrogen-bond acceptors (Lipinski definition) is 6. The van der Waals surface area contributed by atoms with Crippen molar-refractivity contribution in [2.45, 2.75) is 30.0 Å². The van der Waals surface area contributed by atoms with E-state index >= 15 is 0 Å². The number of benzene rings is 1. The van der Waals surface area contributed by atoms with Crippen LogP contribution in [0.1, 0.15) is 12.8 Å². The molecule has 0 bridgehead atoms. The highest BCUT2D eigenvalue weighted by Gasteiger charge is 2.49. The van der Waals surface area contributed by atoms with Crippen LogP contribution >= 0.6 is 11.9 Å². The molecule has 3 aliphatic rings. The first-order valence-electron chi connectivity index (χ1n) is 8.67. The first kappa shape index (κ1) is 19.8. The van der Waals surface area contributed by atoms with E-state index in [0.717, 1.165) is 46.3 Å². The van der Waals surface area contributed by atoms with Crippen LogP contribution in [0.25, 0.3) is 0 Å². The Labute approximate surface area is 164 Å². The lowest BCUT2D eigenvalue weighted by atomic mass is 10.1. The SMILES string of the molecule is CS(=O)(=O)N1CCN(c2cc(F)cc3c2N=C(C2CC2)NS3)[C@H](C(F)(F)F)C1. The minimum absolute atomic E-state index is 0.0395.